The van der Waals surface area contributed by atoms with Gasteiger partial charge in [0, 0.05) is 6.42 Å². The molecule has 1 N–H and O–H groups in total. The van der Waals surface area contributed by atoms with Gasteiger partial charge in [0.2, 0.25) is 0 Å². The molecule has 2 nitrogen and oxygen atoms in total. The Balaban J connectivity index is 1.76. The zero-order valence-electron chi connectivity index (χ0n) is 18.6. The summed E-state index contributed by atoms with van der Waals surface area (Å²) >= 11 is 0. The van der Waals surface area contributed by atoms with Gasteiger partial charge in [0.15, 0.2) is 0 Å². The average Bonchev–Trinajstić information content (AvgIpc) is 2.98. The van der Waals surface area contributed by atoms with Gasteiger partial charge >= 0.3 is 5.97 Å². The summed E-state index contributed by atoms with van der Waals surface area (Å²) in [5.41, 5.74) is 1.01. The van der Waals surface area contributed by atoms with Crippen LogP contribution < -0.4 is 0 Å². The lowest BCUT2D eigenvalue weighted by Gasteiger charge is -2.59. The second-order valence-corrected chi connectivity index (χ2v) is 11.1. The van der Waals surface area contributed by atoms with Gasteiger partial charge < -0.3 is 5.11 Å². The first-order valence-corrected chi connectivity index (χ1v) is 12.0. The summed E-state index contributed by atoms with van der Waals surface area (Å²) in [4.78, 5) is 11.1. The van der Waals surface area contributed by atoms with Crippen molar-refractivity contribution in [3.05, 3.63) is 0 Å². The summed E-state index contributed by atoms with van der Waals surface area (Å²) in [5.74, 6) is 4.30. The van der Waals surface area contributed by atoms with Gasteiger partial charge in [-0.2, -0.15) is 0 Å². The molecule has 8 atom stereocenters. The van der Waals surface area contributed by atoms with Crippen molar-refractivity contribution in [1.82, 2.24) is 0 Å². The Hall–Kier alpha value is -0.530. The summed E-state index contributed by atoms with van der Waals surface area (Å²) in [5, 5.41) is 9.11. The van der Waals surface area contributed by atoms with E-state index in [9.17, 15) is 4.79 Å². The summed E-state index contributed by atoms with van der Waals surface area (Å²) in [7, 11) is 0. The number of carbonyl (C=O) groups is 1. The van der Waals surface area contributed by atoms with Crippen LogP contribution in [0.2, 0.25) is 0 Å². The molecular weight excluding hydrogens is 332 g/mol. The van der Waals surface area contributed by atoms with E-state index in [2.05, 4.69) is 34.6 Å². The highest BCUT2D eigenvalue weighted by Crippen LogP contribution is 2.67. The molecule has 3 fully saturated rings. The van der Waals surface area contributed by atoms with Crippen LogP contribution in [-0.4, -0.2) is 11.1 Å². The fraction of sp³-hybridized carbons (Fsp3) is 0.960. The Morgan fingerprint density at radius 3 is 2.52 bits per heavy atom. The fourth-order valence-corrected chi connectivity index (χ4v) is 8.16. The molecular formula is C25H44O2. The van der Waals surface area contributed by atoms with E-state index in [1.165, 1.54) is 57.8 Å². The maximum absolute atomic E-state index is 11.1. The van der Waals surface area contributed by atoms with Gasteiger partial charge in [0.25, 0.3) is 0 Å². The minimum Gasteiger partial charge on any atom is -0.481 e. The van der Waals surface area contributed by atoms with Gasteiger partial charge in [-0.3, -0.25) is 4.79 Å². The zero-order valence-corrected chi connectivity index (χ0v) is 18.6. The van der Waals surface area contributed by atoms with Crippen LogP contribution in [0.15, 0.2) is 0 Å². The van der Waals surface area contributed by atoms with Crippen molar-refractivity contribution in [2.45, 2.75) is 105 Å². The SMILES string of the molecule is CCCC[C@@]1(C)C(C)CCC2C3CCC(C(C)CCC(=O)O)[C@@]3(C)CCC21. The normalized spacial score (nSPS) is 45.1. The summed E-state index contributed by atoms with van der Waals surface area (Å²) in [6.45, 7) is 12.4. The molecule has 0 radical (unpaired) electrons. The first kappa shape index (κ1) is 21.2. The monoisotopic (exact) mass is 376 g/mol. The smallest absolute Gasteiger partial charge is 0.303 e. The molecule has 0 bridgehead atoms. The predicted octanol–water partition coefficient (Wildman–Crippen LogP) is 7.17. The van der Waals surface area contributed by atoms with Crippen molar-refractivity contribution < 1.29 is 9.90 Å². The predicted molar refractivity (Wildman–Crippen MR) is 113 cm³/mol. The molecule has 0 aromatic carbocycles. The van der Waals surface area contributed by atoms with Crippen molar-refractivity contribution >= 4 is 5.97 Å². The molecule has 3 rings (SSSR count). The van der Waals surface area contributed by atoms with Crippen LogP contribution in [0.4, 0.5) is 0 Å². The number of fused-ring (bicyclic) bond motifs is 3. The highest BCUT2D eigenvalue weighted by atomic mass is 16.4. The Labute approximate surface area is 167 Å². The fourth-order valence-electron chi connectivity index (χ4n) is 8.16. The van der Waals surface area contributed by atoms with Gasteiger partial charge in [0.05, 0.1) is 0 Å². The number of hydrogen-bond donors (Lipinski definition) is 1. The summed E-state index contributed by atoms with van der Waals surface area (Å²) in [6.07, 6.45) is 13.8. The minimum absolute atomic E-state index is 0.344. The number of unbranched alkanes of at least 4 members (excludes halogenated alkanes) is 1. The lowest BCUT2D eigenvalue weighted by atomic mass is 9.46. The Bertz CT molecular complexity index is 528. The van der Waals surface area contributed by atoms with Gasteiger partial charge in [-0.25, -0.2) is 0 Å². The number of aliphatic carboxylic acids is 1. The number of carboxylic acid groups (broad SMARTS) is 1. The topological polar surface area (TPSA) is 37.3 Å². The molecule has 3 saturated carbocycles. The first-order chi connectivity index (χ1) is 12.7. The third-order valence-electron chi connectivity index (χ3n) is 9.99. The van der Waals surface area contributed by atoms with E-state index < -0.39 is 5.97 Å². The second kappa shape index (κ2) is 8.07. The zero-order chi connectivity index (χ0) is 19.8. The minimum atomic E-state index is -0.627. The summed E-state index contributed by atoms with van der Waals surface area (Å²) in [6, 6.07) is 0. The van der Waals surface area contributed by atoms with Gasteiger partial charge in [-0.15, -0.1) is 0 Å². The largest absolute Gasteiger partial charge is 0.481 e. The van der Waals surface area contributed by atoms with Crippen molar-refractivity contribution in [3.63, 3.8) is 0 Å². The van der Waals surface area contributed by atoms with Crippen LogP contribution >= 0.6 is 0 Å². The molecule has 27 heavy (non-hydrogen) atoms. The van der Waals surface area contributed by atoms with Crippen molar-refractivity contribution in [2.24, 2.45) is 46.3 Å². The van der Waals surface area contributed by atoms with E-state index in [1.54, 1.807) is 0 Å². The molecule has 2 heteroatoms. The van der Waals surface area contributed by atoms with E-state index in [0.29, 0.717) is 23.2 Å². The van der Waals surface area contributed by atoms with Crippen LogP contribution in [-0.2, 0) is 4.79 Å². The van der Waals surface area contributed by atoms with Crippen LogP contribution in [0.25, 0.3) is 0 Å². The molecule has 0 saturated heterocycles. The van der Waals surface area contributed by atoms with Crippen LogP contribution in [0.1, 0.15) is 105 Å². The van der Waals surface area contributed by atoms with Crippen molar-refractivity contribution in [2.75, 3.05) is 0 Å². The molecule has 156 valence electrons. The first-order valence-electron chi connectivity index (χ1n) is 12.0. The quantitative estimate of drug-likeness (QED) is 0.511. The third-order valence-corrected chi connectivity index (χ3v) is 9.99. The van der Waals surface area contributed by atoms with E-state index in [0.717, 1.165) is 36.0 Å². The number of hydrogen-bond acceptors (Lipinski definition) is 1. The molecule has 0 spiro atoms. The molecule has 0 amide bonds. The molecule has 0 aromatic rings. The van der Waals surface area contributed by atoms with Gasteiger partial charge in [0.1, 0.15) is 0 Å². The van der Waals surface area contributed by atoms with E-state index in [1.807, 2.05) is 0 Å². The van der Waals surface area contributed by atoms with E-state index >= 15 is 0 Å². The second-order valence-electron chi connectivity index (χ2n) is 11.1. The highest BCUT2D eigenvalue weighted by molar-refractivity contribution is 5.66. The maximum Gasteiger partial charge on any atom is 0.303 e. The Morgan fingerprint density at radius 1 is 1.11 bits per heavy atom. The number of rotatable bonds is 7. The van der Waals surface area contributed by atoms with Crippen molar-refractivity contribution in [3.8, 4) is 0 Å². The molecule has 0 heterocycles. The lowest BCUT2D eigenvalue weighted by molar-refractivity contribution is -0.137. The molecule has 0 aromatic heterocycles. The van der Waals surface area contributed by atoms with Crippen LogP contribution in [0, 0.1) is 46.3 Å². The van der Waals surface area contributed by atoms with Gasteiger partial charge in [-0.1, -0.05) is 47.5 Å². The molecule has 6 unspecified atom stereocenters. The van der Waals surface area contributed by atoms with Crippen LogP contribution in [0.5, 0.6) is 0 Å². The average molecular weight is 377 g/mol. The standard InChI is InChI=1S/C25H44O2/c1-6-7-15-24(4)18(3)9-10-19-21-12-11-20(17(2)8-13-23(26)27)25(21,5)16-14-22(19)24/h17-22H,6-16H2,1-5H3,(H,26,27)/t17?,18?,19?,20?,21?,22?,24-,25+/m0/s1. The number of carboxylic acids is 1. The highest BCUT2D eigenvalue weighted by Gasteiger charge is 2.59. The summed E-state index contributed by atoms with van der Waals surface area (Å²) < 4.78 is 0. The lowest BCUT2D eigenvalue weighted by Crippen LogP contribution is -2.51. The Morgan fingerprint density at radius 2 is 1.85 bits per heavy atom. The van der Waals surface area contributed by atoms with E-state index in [-0.39, 0.29) is 0 Å². The Kier molecular flexibility index (Phi) is 6.33. The molecule has 3 aliphatic rings. The molecule has 0 aliphatic heterocycles. The van der Waals surface area contributed by atoms with Crippen molar-refractivity contribution in [1.29, 1.82) is 0 Å². The maximum atomic E-state index is 11.1. The van der Waals surface area contributed by atoms with Crippen LogP contribution in [0.3, 0.4) is 0 Å². The van der Waals surface area contributed by atoms with Gasteiger partial charge in [-0.05, 0) is 97.7 Å². The third kappa shape index (κ3) is 3.71. The van der Waals surface area contributed by atoms with E-state index in [4.69, 9.17) is 5.11 Å². The molecule has 3 aliphatic carbocycles.